The Kier molecular flexibility index (Phi) is 5.29. The van der Waals surface area contributed by atoms with E-state index in [2.05, 4.69) is 15.0 Å². The topological polar surface area (TPSA) is 124 Å². The Bertz CT molecular complexity index is 632. The van der Waals surface area contributed by atoms with E-state index in [1.165, 1.54) is 0 Å². The SMILES string of the molecule is Cl.O=c1[nH]cc(S(=O)(=O)NC2CCNCC2)c(=O)[nH]1. The molecular weight excluding hydrogens is 296 g/mol. The standard InChI is InChI=1S/C9H14N4O4S.ClH/c14-8-7(5-11-9(15)12-8)18(16,17)13-6-1-3-10-4-2-6;/h5-6,10,13H,1-4H2,(H2,11,12,14,15);1H. The molecule has 1 aromatic rings. The van der Waals surface area contributed by atoms with Gasteiger partial charge in [-0.2, -0.15) is 0 Å². The van der Waals surface area contributed by atoms with Gasteiger partial charge in [0.15, 0.2) is 4.90 Å². The third-order valence-corrected chi connectivity index (χ3v) is 4.26. The number of nitrogens with one attached hydrogen (secondary N) is 4. The van der Waals surface area contributed by atoms with Crippen molar-refractivity contribution in [1.82, 2.24) is 20.0 Å². The van der Waals surface area contributed by atoms with Crippen LogP contribution in [0.4, 0.5) is 0 Å². The highest BCUT2D eigenvalue weighted by Crippen LogP contribution is 2.07. The first-order chi connectivity index (χ1) is 8.49. The van der Waals surface area contributed by atoms with Gasteiger partial charge in [-0.15, -0.1) is 12.4 Å². The second-order valence-corrected chi connectivity index (χ2v) is 5.76. The van der Waals surface area contributed by atoms with Crippen LogP contribution in [0.5, 0.6) is 0 Å². The van der Waals surface area contributed by atoms with E-state index < -0.39 is 26.2 Å². The monoisotopic (exact) mass is 310 g/mol. The van der Waals surface area contributed by atoms with E-state index in [9.17, 15) is 18.0 Å². The molecule has 10 heteroatoms. The van der Waals surface area contributed by atoms with Crippen LogP contribution in [0.25, 0.3) is 0 Å². The highest BCUT2D eigenvalue weighted by Gasteiger charge is 2.24. The molecule has 108 valence electrons. The van der Waals surface area contributed by atoms with Crippen molar-refractivity contribution in [2.45, 2.75) is 23.8 Å². The number of hydrogen-bond acceptors (Lipinski definition) is 5. The average Bonchev–Trinajstić information content (AvgIpc) is 2.29. The Hall–Kier alpha value is -1.16. The number of rotatable bonds is 3. The lowest BCUT2D eigenvalue weighted by molar-refractivity contribution is 0.426. The Morgan fingerprint density at radius 3 is 2.42 bits per heavy atom. The number of piperidine rings is 1. The molecule has 1 saturated heterocycles. The summed E-state index contributed by atoms with van der Waals surface area (Å²) in [5.41, 5.74) is -1.65. The minimum absolute atomic E-state index is 0. The van der Waals surface area contributed by atoms with E-state index in [1.807, 2.05) is 4.98 Å². The van der Waals surface area contributed by atoms with Crippen molar-refractivity contribution in [3.63, 3.8) is 0 Å². The molecule has 0 saturated carbocycles. The number of aromatic nitrogens is 2. The predicted molar refractivity (Wildman–Crippen MR) is 71.1 cm³/mol. The molecule has 2 heterocycles. The largest absolute Gasteiger partial charge is 0.325 e. The summed E-state index contributed by atoms with van der Waals surface area (Å²) in [5, 5.41) is 3.11. The van der Waals surface area contributed by atoms with Crippen molar-refractivity contribution < 1.29 is 8.42 Å². The van der Waals surface area contributed by atoms with Crippen molar-refractivity contribution in [2.24, 2.45) is 0 Å². The zero-order chi connectivity index (χ0) is 13.2. The zero-order valence-electron chi connectivity index (χ0n) is 9.93. The summed E-state index contributed by atoms with van der Waals surface area (Å²) in [6.07, 6.45) is 2.24. The fourth-order valence-corrected chi connectivity index (χ4v) is 3.13. The molecule has 0 bridgehead atoms. The van der Waals surface area contributed by atoms with E-state index in [1.54, 1.807) is 0 Å². The van der Waals surface area contributed by atoms with Crippen molar-refractivity contribution in [1.29, 1.82) is 0 Å². The summed E-state index contributed by atoms with van der Waals surface area (Å²) in [7, 11) is -3.90. The van der Waals surface area contributed by atoms with Crippen molar-refractivity contribution in [2.75, 3.05) is 13.1 Å². The molecule has 1 aliphatic heterocycles. The molecule has 8 nitrogen and oxygen atoms in total. The first-order valence-electron chi connectivity index (χ1n) is 5.54. The molecule has 0 unspecified atom stereocenters. The highest BCUT2D eigenvalue weighted by molar-refractivity contribution is 7.89. The van der Waals surface area contributed by atoms with Gasteiger partial charge in [0.1, 0.15) is 0 Å². The molecule has 0 atom stereocenters. The predicted octanol–water partition coefficient (Wildman–Crippen LogP) is -1.48. The number of aromatic amines is 2. The minimum atomic E-state index is -3.90. The van der Waals surface area contributed by atoms with Crippen molar-refractivity contribution in [3.8, 4) is 0 Å². The minimum Gasteiger partial charge on any atom is -0.317 e. The lowest BCUT2D eigenvalue weighted by Crippen LogP contribution is -2.44. The number of sulfonamides is 1. The van der Waals surface area contributed by atoms with Crippen LogP contribution in [0.1, 0.15) is 12.8 Å². The van der Waals surface area contributed by atoms with Crippen LogP contribution in [0.2, 0.25) is 0 Å². The van der Waals surface area contributed by atoms with Gasteiger partial charge in [-0.1, -0.05) is 0 Å². The van der Waals surface area contributed by atoms with Crippen LogP contribution in [-0.4, -0.2) is 37.5 Å². The van der Waals surface area contributed by atoms with Crippen molar-refractivity contribution >= 4 is 22.4 Å². The molecule has 0 aromatic carbocycles. The first kappa shape index (κ1) is 15.9. The van der Waals surface area contributed by atoms with Gasteiger partial charge in [0, 0.05) is 12.2 Å². The van der Waals surface area contributed by atoms with Gasteiger partial charge >= 0.3 is 5.69 Å². The molecule has 1 aromatic heterocycles. The number of halogens is 1. The van der Waals surface area contributed by atoms with Crippen LogP contribution in [0, 0.1) is 0 Å². The molecule has 4 N–H and O–H groups in total. The van der Waals surface area contributed by atoms with E-state index in [0.29, 0.717) is 12.8 Å². The Balaban J connectivity index is 0.00000180. The number of H-pyrrole nitrogens is 2. The van der Waals surface area contributed by atoms with Crippen LogP contribution < -0.4 is 21.3 Å². The molecule has 2 rings (SSSR count). The Morgan fingerprint density at radius 1 is 1.21 bits per heavy atom. The Morgan fingerprint density at radius 2 is 1.84 bits per heavy atom. The lowest BCUT2D eigenvalue weighted by Gasteiger charge is -2.23. The van der Waals surface area contributed by atoms with Gasteiger partial charge in [-0.3, -0.25) is 9.78 Å². The maximum atomic E-state index is 12.0. The van der Waals surface area contributed by atoms with Crippen LogP contribution in [0.15, 0.2) is 20.7 Å². The first-order valence-corrected chi connectivity index (χ1v) is 7.02. The molecule has 0 spiro atoms. The molecule has 1 fully saturated rings. The normalized spacial score (nSPS) is 16.8. The molecule has 19 heavy (non-hydrogen) atoms. The van der Waals surface area contributed by atoms with Gasteiger partial charge in [-0.05, 0) is 25.9 Å². The van der Waals surface area contributed by atoms with Crippen molar-refractivity contribution in [3.05, 3.63) is 27.0 Å². The summed E-state index contributed by atoms with van der Waals surface area (Å²) in [4.78, 5) is 25.8. The zero-order valence-corrected chi connectivity index (χ0v) is 11.6. The second-order valence-electron chi connectivity index (χ2n) is 4.08. The maximum absolute atomic E-state index is 12.0. The highest BCUT2D eigenvalue weighted by atomic mass is 35.5. The van der Waals surface area contributed by atoms with Crippen LogP contribution >= 0.6 is 12.4 Å². The van der Waals surface area contributed by atoms with E-state index in [0.717, 1.165) is 19.3 Å². The summed E-state index contributed by atoms with van der Waals surface area (Å²) in [6, 6.07) is -0.192. The third kappa shape index (κ3) is 3.90. The molecule has 1 aliphatic rings. The van der Waals surface area contributed by atoms with E-state index in [-0.39, 0.29) is 18.4 Å². The van der Waals surface area contributed by atoms with E-state index in [4.69, 9.17) is 0 Å². The van der Waals surface area contributed by atoms with Crippen LogP contribution in [-0.2, 0) is 10.0 Å². The second kappa shape index (κ2) is 6.33. The molecule has 0 amide bonds. The summed E-state index contributed by atoms with van der Waals surface area (Å²) >= 11 is 0. The van der Waals surface area contributed by atoms with E-state index >= 15 is 0 Å². The van der Waals surface area contributed by atoms with Gasteiger partial charge in [0.05, 0.1) is 0 Å². The van der Waals surface area contributed by atoms with Gasteiger partial charge in [0.25, 0.3) is 5.56 Å². The summed E-state index contributed by atoms with van der Waals surface area (Å²) < 4.78 is 26.4. The van der Waals surface area contributed by atoms with Crippen LogP contribution in [0.3, 0.4) is 0 Å². The summed E-state index contributed by atoms with van der Waals surface area (Å²) in [5.74, 6) is 0. The maximum Gasteiger partial charge on any atom is 0.325 e. The molecule has 0 radical (unpaired) electrons. The lowest BCUT2D eigenvalue weighted by atomic mass is 10.1. The molecular formula is C9H15ClN4O4S. The third-order valence-electron chi connectivity index (χ3n) is 2.74. The fraction of sp³-hybridized carbons (Fsp3) is 0.556. The fourth-order valence-electron chi connectivity index (χ4n) is 1.82. The molecule has 0 aliphatic carbocycles. The smallest absolute Gasteiger partial charge is 0.317 e. The average molecular weight is 311 g/mol. The Labute approximate surface area is 115 Å². The van der Waals surface area contributed by atoms with Gasteiger partial charge in [0.2, 0.25) is 10.0 Å². The summed E-state index contributed by atoms with van der Waals surface area (Å²) in [6.45, 7) is 1.46. The number of hydrogen-bond donors (Lipinski definition) is 4. The van der Waals surface area contributed by atoms with Gasteiger partial charge < -0.3 is 10.3 Å². The quantitative estimate of drug-likeness (QED) is 0.542. The van der Waals surface area contributed by atoms with Gasteiger partial charge in [-0.25, -0.2) is 17.9 Å².